The Morgan fingerprint density at radius 2 is 0.667 bits per heavy atom. The number of hydrogen-bond donors (Lipinski definition) is 0. The van der Waals surface area contributed by atoms with Crippen LogP contribution < -0.4 is 4.90 Å². The molecule has 1 heteroatoms. The highest BCUT2D eigenvalue weighted by atomic mass is 15.1. The van der Waals surface area contributed by atoms with Crippen molar-refractivity contribution in [2.24, 2.45) is 0 Å². The molecule has 0 amide bonds. The van der Waals surface area contributed by atoms with Crippen LogP contribution >= 0.6 is 0 Å². The van der Waals surface area contributed by atoms with E-state index in [-0.39, 0.29) is 0 Å². The highest BCUT2D eigenvalue weighted by Gasteiger charge is 2.45. The summed E-state index contributed by atoms with van der Waals surface area (Å²) in [6.07, 6.45) is 0.983. The first kappa shape index (κ1) is 36.8. The van der Waals surface area contributed by atoms with Crippen LogP contribution in [0.3, 0.4) is 0 Å². The Balaban J connectivity index is 0.961. The zero-order valence-corrected chi connectivity index (χ0v) is 34.8. The van der Waals surface area contributed by atoms with E-state index in [0.29, 0.717) is 0 Å². The van der Waals surface area contributed by atoms with Crippen molar-refractivity contribution in [2.45, 2.75) is 11.8 Å². The minimum absolute atomic E-state index is 0.453. The van der Waals surface area contributed by atoms with Gasteiger partial charge in [-0.2, -0.15) is 0 Å². The maximum atomic E-state index is 2.40. The van der Waals surface area contributed by atoms with Crippen LogP contribution in [0.5, 0.6) is 0 Å². The van der Waals surface area contributed by atoms with Crippen LogP contribution in [-0.2, 0) is 11.8 Å². The van der Waals surface area contributed by atoms with Crippen LogP contribution in [0.2, 0.25) is 0 Å². The van der Waals surface area contributed by atoms with Crippen LogP contribution in [0, 0.1) is 0 Å². The van der Waals surface area contributed by atoms with Gasteiger partial charge in [-0.05, 0) is 132 Å². The van der Waals surface area contributed by atoms with Gasteiger partial charge in [-0.3, -0.25) is 0 Å². The maximum absolute atomic E-state index is 2.40. The van der Waals surface area contributed by atoms with E-state index in [9.17, 15) is 0 Å². The van der Waals surface area contributed by atoms with Gasteiger partial charge in [-0.1, -0.05) is 212 Å². The number of rotatable bonds is 8. The van der Waals surface area contributed by atoms with Crippen LogP contribution in [0.25, 0.3) is 55.6 Å². The molecule has 0 saturated heterocycles. The number of hydrogen-bond acceptors (Lipinski definition) is 1. The summed E-state index contributed by atoms with van der Waals surface area (Å²) in [7, 11) is 0. The summed E-state index contributed by atoms with van der Waals surface area (Å²) in [5, 5.41) is 0. The predicted molar refractivity (Wildman–Crippen MR) is 263 cm³/mol. The third-order valence-corrected chi connectivity index (χ3v) is 13.4. The molecule has 0 atom stereocenters. The summed E-state index contributed by atoms with van der Waals surface area (Å²) < 4.78 is 0. The van der Waals surface area contributed by atoms with E-state index in [4.69, 9.17) is 0 Å². The van der Waals surface area contributed by atoms with Crippen LogP contribution in [-0.4, -0.2) is 0 Å². The van der Waals surface area contributed by atoms with Gasteiger partial charge in [0.05, 0.1) is 5.41 Å². The van der Waals surface area contributed by atoms with Crippen molar-refractivity contribution in [3.63, 3.8) is 0 Å². The molecule has 0 radical (unpaired) electrons. The SMILES string of the molecule is c1ccc(-c2ccc(-c3ccc(N(c4ccc(-c5cccc6c5-c5ccccc5C6)cc4)c4ccc(C5(c6ccccc6)c6ccccc6-c6ccccc65)cc4)cc3)cc2)cc1. The van der Waals surface area contributed by atoms with Crippen molar-refractivity contribution in [3.8, 4) is 55.6 Å². The zero-order chi connectivity index (χ0) is 41.7. The number of benzene rings is 10. The smallest absolute Gasteiger partial charge is 0.0713 e. The maximum Gasteiger partial charge on any atom is 0.0713 e. The van der Waals surface area contributed by atoms with Crippen molar-refractivity contribution in [2.75, 3.05) is 4.90 Å². The second-order valence-corrected chi connectivity index (χ2v) is 16.8. The summed E-state index contributed by atoms with van der Waals surface area (Å²) >= 11 is 0. The van der Waals surface area contributed by atoms with E-state index < -0.39 is 5.41 Å². The molecule has 296 valence electrons. The molecule has 0 heterocycles. The summed E-state index contributed by atoms with van der Waals surface area (Å²) in [4.78, 5) is 2.40. The van der Waals surface area contributed by atoms with E-state index in [1.807, 2.05) is 0 Å². The van der Waals surface area contributed by atoms with Gasteiger partial charge in [-0.25, -0.2) is 0 Å². The second kappa shape index (κ2) is 15.2. The Morgan fingerprint density at radius 3 is 1.25 bits per heavy atom. The first-order chi connectivity index (χ1) is 31.2. The fourth-order valence-corrected chi connectivity index (χ4v) is 10.5. The van der Waals surface area contributed by atoms with E-state index in [2.05, 4.69) is 254 Å². The highest BCUT2D eigenvalue weighted by Crippen LogP contribution is 2.56. The van der Waals surface area contributed by atoms with E-state index in [1.54, 1.807) is 0 Å². The molecule has 0 saturated carbocycles. The van der Waals surface area contributed by atoms with Crippen molar-refractivity contribution in [1.82, 2.24) is 0 Å². The van der Waals surface area contributed by atoms with Gasteiger partial charge in [0.1, 0.15) is 0 Å². The Kier molecular flexibility index (Phi) is 8.86. The lowest BCUT2D eigenvalue weighted by Gasteiger charge is -2.34. The molecule has 0 fully saturated rings. The first-order valence-electron chi connectivity index (χ1n) is 22.0. The quantitative estimate of drug-likeness (QED) is 0.148. The van der Waals surface area contributed by atoms with E-state index >= 15 is 0 Å². The van der Waals surface area contributed by atoms with Crippen molar-refractivity contribution in [1.29, 1.82) is 0 Å². The third kappa shape index (κ3) is 6.08. The molecule has 0 spiro atoms. The molecule has 1 nitrogen and oxygen atoms in total. The molecule has 0 N–H and O–H groups in total. The van der Waals surface area contributed by atoms with Crippen LogP contribution in [0.15, 0.2) is 249 Å². The molecule has 2 aliphatic carbocycles. The zero-order valence-electron chi connectivity index (χ0n) is 34.8. The molecule has 0 aliphatic heterocycles. The predicted octanol–water partition coefficient (Wildman–Crippen LogP) is 16.1. The largest absolute Gasteiger partial charge is 0.311 e. The van der Waals surface area contributed by atoms with Crippen molar-refractivity contribution >= 4 is 17.1 Å². The van der Waals surface area contributed by atoms with Crippen LogP contribution in [0.4, 0.5) is 17.1 Å². The molecule has 63 heavy (non-hydrogen) atoms. The van der Waals surface area contributed by atoms with Gasteiger partial charge in [-0.15, -0.1) is 0 Å². The van der Waals surface area contributed by atoms with E-state index in [1.165, 1.54) is 89.0 Å². The second-order valence-electron chi connectivity index (χ2n) is 16.8. The molecule has 0 bridgehead atoms. The lowest BCUT2D eigenvalue weighted by Crippen LogP contribution is -2.28. The molecular formula is C62H43N. The lowest BCUT2D eigenvalue weighted by molar-refractivity contribution is 0.768. The van der Waals surface area contributed by atoms with Gasteiger partial charge in [0, 0.05) is 17.1 Å². The monoisotopic (exact) mass is 801 g/mol. The number of anilines is 3. The Hall–Kier alpha value is -8.00. The number of fused-ring (bicyclic) bond motifs is 6. The summed E-state index contributed by atoms with van der Waals surface area (Å²) in [5.41, 5.74) is 23.5. The molecule has 0 unspecified atom stereocenters. The minimum atomic E-state index is -0.453. The van der Waals surface area contributed by atoms with Gasteiger partial charge < -0.3 is 4.90 Å². The lowest BCUT2D eigenvalue weighted by atomic mass is 9.68. The normalized spacial score (nSPS) is 12.8. The Bertz CT molecular complexity index is 3210. The number of nitrogens with zero attached hydrogens (tertiary/aromatic N) is 1. The minimum Gasteiger partial charge on any atom is -0.311 e. The van der Waals surface area contributed by atoms with Gasteiger partial charge >= 0.3 is 0 Å². The van der Waals surface area contributed by atoms with Gasteiger partial charge in [0.15, 0.2) is 0 Å². The molecule has 10 aromatic rings. The summed E-state index contributed by atoms with van der Waals surface area (Å²) in [5.74, 6) is 0. The molecule has 2 aliphatic rings. The standard InChI is InChI=1S/C62H43N/c1-3-14-43(15-4-1)44-26-28-45(29-27-44)46-30-36-52(37-31-46)63(53-38-32-47(33-39-53)55-23-13-17-49-42-48-16-7-8-20-56(48)61(49)55)54-40-34-51(35-41-54)62(50-18-5-2-6-19-50)59-24-11-9-21-57(59)58-22-10-12-25-60(58)62/h1-41H,42H2. The van der Waals surface area contributed by atoms with Gasteiger partial charge in [0.2, 0.25) is 0 Å². The highest BCUT2D eigenvalue weighted by molar-refractivity contribution is 5.91. The topological polar surface area (TPSA) is 3.24 Å². The first-order valence-corrected chi connectivity index (χ1v) is 22.0. The van der Waals surface area contributed by atoms with Crippen molar-refractivity contribution in [3.05, 3.63) is 282 Å². The fourth-order valence-electron chi connectivity index (χ4n) is 10.5. The Morgan fingerprint density at radius 1 is 0.270 bits per heavy atom. The summed E-state index contributed by atoms with van der Waals surface area (Å²) in [6.45, 7) is 0. The van der Waals surface area contributed by atoms with E-state index in [0.717, 1.165) is 23.5 Å². The molecule has 0 aromatic heterocycles. The molecule has 12 rings (SSSR count). The molecular weight excluding hydrogens is 759 g/mol. The average Bonchev–Trinajstić information content (AvgIpc) is 3.90. The average molecular weight is 802 g/mol. The van der Waals surface area contributed by atoms with Gasteiger partial charge in [0.25, 0.3) is 0 Å². The van der Waals surface area contributed by atoms with Crippen molar-refractivity contribution < 1.29 is 0 Å². The van der Waals surface area contributed by atoms with Crippen LogP contribution in [0.1, 0.15) is 33.4 Å². The Labute approximate surface area is 369 Å². The fraction of sp³-hybridized carbons (Fsp3) is 0.0323. The summed E-state index contributed by atoms with van der Waals surface area (Å²) in [6, 6.07) is 91.6. The molecule has 10 aromatic carbocycles. The third-order valence-electron chi connectivity index (χ3n) is 13.4.